The summed E-state index contributed by atoms with van der Waals surface area (Å²) in [5.74, 6) is 0.767. The lowest BCUT2D eigenvalue weighted by atomic mass is 10.3. The number of rotatable bonds is 5. The Kier molecular flexibility index (Phi) is 5.13. The van der Waals surface area contributed by atoms with Gasteiger partial charge in [0.1, 0.15) is 5.75 Å². The van der Waals surface area contributed by atoms with Crippen molar-refractivity contribution >= 4 is 23.2 Å². The molecule has 0 aliphatic heterocycles. The number of benzene rings is 1. The van der Waals surface area contributed by atoms with Crippen LogP contribution in [-0.4, -0.2) is 6.61 Å². The average molecular weight is 232 g/mol. The third-order valence-corrected chi connectivity index (χ3v) is 2.54. The van der Waals surface area contributed by atoms with Crippen molar-refractivity contribution < 1.29 is 4.74 Å². The largest absolute Gasteiger partial charge is 0.494 e. The van der Waals surface area contributed by atoms with Gasteiger partial charge in [-0.1, -0.05) is 43.0 Å². The molecule has 0 bridgehead atoms. The molecule has 1 aromatic rings. The highest BCUT2D eigenvalue weighted by atomic mass is 35.5. The highest BCUT2D eigenvalue weighted by Crippen LogP contribution is 2.26. The molecule has 1 nitrogen and oxygen atoms in total. The zero-order valence-corrected chi connectivity index (χ0v) is 9.44. The van der Waals surface area contributed by atoms with Gasteiger partial charge in [0.25, 0.3) is 0 Å². The number of ether oxygens (including phenoxy) is 1. The molecule has 0 spiro atoms. The fraction of sp³-hybridized carbons (Fsp3) is 0.364. The van der Waals surface area contributed by atoms with E-state index in [4.69, 9.17) is 27.9 Å². The molecule has 0 aliphatic rings. The Hall–Kier alpha value is -0.400. The monoisotopic (exact) mass is 231 g/mol. The third-order valence-electron chi connectivity index (χ3n) is 1.80. The van der Waals surface area contributed by atoms with Gasteiger partial charge >= 0.3 is 0 Å². The smallest absolute Gasteiger partial charge is 0.120 e. The van der Waals surface area contributed by atoms with Gasteiger partial charge in [0.2, 0.25) is 0 Å². The van der Waals surface area contributed by atoms with E-state index in [1.807, 2.05) is 6.07 Å². The van der Waals surface area contributed by atoms with Crippen molar-refractivity contribution in [3.63, 3.8) is 0 Å². The van der Waals surface area contributed by atoms with Crippen molar-refractivity contribution in [3.8, 4) is 5.75 Å². The maximum atomic E-state index is 5.83. The lowest BCUT2D eigenvalue weighted by Gasteiger charge is -2.06. The van der Waals surface area contributed by atoms with E-state index in [2.05, 4.69) is 6.92 Å². The molecule has 1 radical (unpaired) electrons. The minimum absolute atomic E-state index is 0.529. The second-order valence-electron chi connectivity index (χ2n) is 2.99. The quantitative estimate of drug-likeness (QED) is 0.684. The summed E-state index contributed by atoms with van der Waals surface area (Å²) in [5.41, 5.74) is 0. The molecular formula is C11H13Cl2O. The Balaban J connectivity index is 2.39. The minimum Gasteiger partial charge on any atom is -0.494 e. The van der Waals surface area contributed by atoms with Crippen LogP contribution in [0, 0.1) is 6.92 Å². The van der Waals surface area contributed by atoms with Crippen molar-refractivity contribution in [2.75, 3.05) is 6.61 Å². The summed E-state index contributed by atoms with van der Waals surface area (Å²) >= 11 is 11.6. The molecule has 14 heavy (non-hydrogen) atoms. The van der Waals surface area contributed by atoms with E-state index in [0.717, 1.165) is 25.0 Å². The molecule has 1 rings (SSSR count). The molecule has 0 unspecified atom stereocenters. The lowest BCUT2D eigenvalue weighted by Crippen LogP contribution is -1.96. The Morgan fingerprint density at radius 2 is 1.93 bits per heavy atom. The predicted molar refractivity (Wildman–Crippen MR) is 61.2 cm³/mol. The van der Waals surface area contributed by atoms with Gasteiger partial charge in [-0.15, -0.1) is 0 Å². The number of hydrogen-bond acceptors (Lipinski definition) is 1. The number of halogens is 2. The summed E-state index contributed by atoms with van der Waals surface area (Å²) < 4.78 is 5.47. The fourth-order valence-electron chi connectivity index (χ4n) is 1.04. The fourth-order valence-corrected chi connectivity index (χ4v) is 1.32. The Bertz CT molecular complexity index is 287. The Morgan fingerprint density at radius 3 is 2.57 bits per heavy atom. The first-order chi connectivity index (χ1) is 6.74. The normalized spacial score (nSPS) is 10.2. The zero-order valence-electron chi connectivity index (χ0n) is 7.93. The number of hydrogen-bond donors (Lipinski definition) is 0. The van der Waals surface area contributed by atoms with E-state index in [-0.39, 0.29) is 0 Å². The van der Waals surface area contributed by atoms with Gasteiger partial charge in [-0.3, -0.25) is 0 Å². The van der Waals surface area contributed by atoms with Crippen LogP contribution < -0.4 is 4.74 Å². The molecule has 0 saturated carbocycles. The SMILES string of the molecule is [CH2]CCCCOc1ccc(Cl)c(Cl)c1. The van der Waals surface area contributed by atoms with Crippen molar-refractivity contribution in [2.24, 2.45) is 0 Å². The molecule has 1 aromatic carbocycles. The van der Waals surface area contributed by atoms with Crippen LogP contribution >= 0.6 is 23.2 Å². The maximum absolute atomic E-state index is 5.83. The summed E-state index contributed by atoms with van der Waals surface area (Å²) in [7, 11) is 0. The van der Waals surface area contributed by atoms with Crippen molar-refractivity contribution in [1.29, 1.82) is 0 Å². The van der Waals surface area contributed by atoms with Crippen LogP contribution in [0.15, 0.2) is 18.2 Å². The first-order valence-corrected chi connectivity index (χ1v) is 5.36. The van der Waals surface area contributed by atoms with Gasteiger partial charge in [0.05, 0.1) is 16.7 Å². The first kappa shape index (κ1) is 11.7. The zero-order chi connectivity index (χ0) is 10.4. The van der Waals surface area contributed by atoms with Crippen LogP contribution in [0.3, 0.4) is 0 Å². The molecule has 3 heteroatoms. The topological polar surface area (TPSA) is 9.23 Å². The first-order valence-electron chi connectivity index (χ1n) is 4.61. The van der Waals surface area contributed by atoms with Crippen molar-refractivity contribution in [2.45, 2.75) is 19.3 Å². The van der Waals surface area contributed by atoms with E-state index < -0.39 is 0 Å². The van der Waals surface area contributed by atoms with Crippen molar-refractivity contribution in [1.82, 2.24) is 0 Å². The molecule has 0 aliphatic carbocycles. The molecule has 0 saturated heterocycles. The highest BCUT2D eigenvalue weighted by Gasteiger charge is 1.99. The Morgan fingerprint density at radius 1 is 1.14 bits per heavy atom. The van der Waals surface area contributed by atoms with Crippen LogP contribution in [-0.2, 0) is 0 Å². The highest BCUT2D eigenvalue weighted by molar-refractivity contribution is 6.42. The van der Waals surface area contributed by atoms with Crippen LogP contribution in [0.1, 0.15) is 19.3 Å². The van der Waals surface area contributed by atoms with E-state index in [9.17, 15) is 0 Å². The minimum atomic E-state index is 0.529. The molecule has 0 atom stereocenters. The van der Waals surface area contributed by atoms with Crippen LogP contribution in [0.4, 0.5) is 0 Å². The predicted octanol–water partition coefficient (Wildman–Crippen LogP) is 4.38. The number of unbranched alkanes of at least 4 members (excludes halogenated alkanes) is 2. The second-order valence-corrected chi connectivity index (χ2v) is 3.80. The van der Waals surface area contributed by atoms with Crippen molar-refractivity contribution in [3.05, 3.63) is 35.2 Å². The summed E-state index contributed by atoms with van der Waals surface area (Å²) in [5, 5.41) is 1.08. The van der Waals surface area contributed by atoms with E-state index >= 15 is 0 Å². The van der Waals surface area contributed by atoms with Crippen LogP contribution in [0.25, 0.3) is 0 Å². The van der Waals surface area contributed by atoms with E-state index in [1.54, 1.807) is 12.1 Å². The summed E-state index contributed by atoms with van der Waals surface area (Å²) in [6, 6.07) is 5.28. The average Bonchev–Trinajstić information content (AvgIpc) is 2.18. The molecule has 0 heterocycles. The summed E-state index contributed by atoms with van der Waals surface area (Å²) in [4.78, 5) is 0. The van der Waals surface area contributed by atoms with Crippen LogP contribution in [0.5, 0.6) is 5.75 Å². The van der Waals surface area contributed by atoms with Gasteiger partial charge in [0, 0.05) is 6.07 Å². The standard InChI is InChI=1S/C11H13Cl2O/c1-2-3-4-7-14-9-5-6-10(12)11(13)8-9/h5-6,8H,1-4,7H2. The Labute approximate surface area is 95.0 Å². The molecule has 0 fully saturated rings. The van der Waals surface area contributed by atoms with E-state index in [1.165, 1.54) is 0 Å². The maximum Gasteiger partial charge on any atom is 0.120 e. The van der Waals surface area contributed by atoms with Gasteiger partial charge in [-0.2, -0.15) is 0 Å². The molecule has 0 aromatic heterocycles. The van der Waals surface area contributed by atoms with Gasteiger partial charge in [-0.25, -0.2) is 0 Å². The molecule has 0 N–H and O–H groups in total. The van der Waals surface area contributed by atoms with E-state index in [0.29, 0.717) is 16.7 Å². The second kappa shape index (κ2) is 6.15. The summed E-state index contributed by atoms with van der Waals surface area (Å²) in [6.07, 6.45) is 3.05. The molecular weight excluding hydrogens is 219 g/mol. The van der Waals surface area contributed by atoms with Crippen LogP contribution in [0.2, 0.25) is 10.0 Å². The molecule has 0 amide bonds. The summed E-state index contributed by atoms with van der Waals surface area (Å²) in [6.45, 7) is 4.46. The van der Waals surface area contributed by atoms with Gasteiger partial charge < -0.3 is 4.74 Å². The third kappa shape index (κ3) is 3.77. The lowest BCUT2D eigenvalue weighted by molar-refractivity contribution is 0.307. The van der Waals surface area contributed by atoms with Gasteiger partial charge in [-0.05, 0) is 18.6 Å². The van der Waals surface area contributed by atoms with Gasteiger partial charge in [0.15, 0.2) is 0 Å². The molecule has 77 valence electrons.